The maximum Gasteiger partial charge on any atom is 0.243 e. The third-order valence-corrected chi connectivity index (χ3v) is 3.11. The predicted octanol–water partition coefficient (Wildman–Crippen LogP) is 3.54. The molecule has 4 heteroatoms. The quantitative estimate of drug-likeness (QED) is 0.437. The normalized spacial score (nSPS) is 11.7. The van der Waals surface area contributed by atoms with E-state index in [1.807, 2.05) is 0 Å². The van der Waals surface area contributed by atoms with Crippen LogP contribution in [0.1, 0.15) is 85.0 Å². The molecular formula is C15H33NO3. The molecule has 0 fully saturated rings. The van der Waals surface area contributed by atoms with Gasteiger partial charge in [-0.3, -0.25) is 9.63 Å². The first kappa shape index (κ1) is 20.7. The van der Waals surface area contributed by atoms with Crippen LogP contribution in [0.15, 0.2) is 0 Å². The Hall–Kier alpha value is -0.610. The maximum absolute atomic E-state index is 11.5. The molecule has 0 saturated carbocycles. The van der Waals surface area contributed by atoms with E-state index in [4.69, 9.17) is 4.84 Å². The van der Waals surface area contributed by atoms with Gasteiger partial charge >= 0.3 is 0 Å². The van der Waals surface area contributed by atoms with Crippen LogP contribution in [0.5, 0.6) is 0 Å². The molecule has 0 bridgehead atoms. The van der Waals surface area contributed by atoms with Crippen molar-refractivity contribution in [3.63, 3.8) is 0 Å². The van der Waals surface area contributed by atoms with E-state index in [2.05, 4.69) is 26.3 Å². The lowest BCUT2D eigenvalue weighted by Gasteiger charge is -2.17. The van der Waals surface area contributed by atoms with Gasteiger partial charge in [0.25, 0.3) is 0 Å². The number of hydrogen-bond donors (Lipinski definition) is 1. The Kier molecular flexibility index (Phi) is 16.8. The highest BCUT2D eigenvalue weighted by Gasteiger charge is 2.10. The van der Waals surface area contributed by atoms with E-state index < -0.39 is 0 Å². The van der Waals surface area contributed by atoms with Gasteiger partial charge in [0.1, 0.15) is 0 Å². The topological polar surface area (TPSA) is 69.8 Å². The molecular weight excluding hydrogens is 242 g/mol. The second-order valence-electron chi connectivity index (χ2n) is 5.01. The standard InChI is InChI=1S/C15H31NO2.H2O/c1-4-7-10-12-14(11-8-5-2)18-16-15(17)13-9-6-3;/h14H,4-13H2,1-3H3,(H,16,17);1H2. The van der Waals surface area contributed by atoms with E-state index in [1.54, 1.807) is 0 Å². The third-order valence-electron chi connectivity index (χ3n) is 3.11. The Bertz CT molecular complexity index is 198. The van der Waals surface area contributed by atoms with Crippen LogP contribution in [0.4, 0.5) is 0 Å². The van der Waals surface area contributed by atoms with Crippen molar-refractivity contribution in [2.75, 3.05) is 0 Å². The van der Waals surface area contributed by atoms with E-state index in [0.29, 0.717) is 6.42 Å². The van der Waals surface area contributed by atoms with Gasteiger partial charge in [-0.05, 0) is 19.3 Å². The molecule has 0 aliphatic carbocycles. The van der Waals surface area contributed by atoms with Gasteiger partial charge in [0, 0.05) is 6.42 Å². The van der Waals surface area contributed by atoms with Gasteiger partial charge < -0.3 is 5.48 Å². The number of nitrogens with one attached hydrogen (secondary N) is 1. The summed E-state index contributed by atoms with van der Waals surface area (Å²) in [7, 11) is 0. The fourth-order valence-corrected chi connectivity index (χ4v) is 1.85. The molecule has 0 saturated heterocycles. The highest BCUT2D eigenvalue weighted by molar-refractivity contribution is 5.74. The molecule has 3 N–H and O–H groups in total. The molecule has 1 amide bonds. The van der Waals surface area contributed by atoms with Gasteiger partial charge in [0.05, 0.1) is 6.10 Å². The van der Waals surface area contributed by atoms with Crippen molar-refractivity contribution in [3.8, 4) is 0 Å². The van der Waals surface area contributed by atoms with E-state index >= 15 is 0 Å². The zero-order chi connectivity index (χ0) is 13.6. The van der Waals surface area contributed by atoms with Gasteiger partial charge in [-0.15, -0.1) is 0 Å². The predicted molar refractivity (Wildman–Crippen MR) is 79.8 cm³/mol. The molecule has 0 aromatic heterocycles. The van der Waals surface area contributed by atoms with Crippen molar-refractivity contribution in [1.82, 2.24) is 5.48 Å². The Balaban J connectivity index is 0. The fourth-order valence-electron chi connectivity index (χ4n) is 1.85. The number of rotatable bonds is 12. The zero-order valence-corrected chi connectivity index (χ0v) is 13.0. The highest BCUT2D eigenvalue weighted by atomic mass is 16.7. The van der Waals surface area contributed by atoms with Crippen LogP contribution in [0, 0.1) is 0 Å². The summed E-state index contributed by atoms with van der Waals surface area (Å²) in [6.07, 6.45) is 10.9. The number of carbonyl (C=O) groups excluding carboxylic acids is 1. The molecule has 0 rings (SSSR count). The molecule has 1 unspecified atom stereocenters. The second-order valence-corrected chi connectivity index (χ2v) is 5.01. The van der Waals surface area contributed by atoms with E-state index in [1.165, 1.54) is 32.1 Å². The molecule has 0 heterocycles. The third kappa shape index (κ3) is 13.6. The summed E-state index contributed by atoms with van der Waals surface area (Å²) in [6.45, 7) is 6.47. The van der Waals surface area contributed by atoms with Gasteiger partial charge in [-0.25, -0.2) is 5.48 Å². The van der Waals surface area contributed by atoms with Crippen molar-refractivity contribution in [2.45, 2.75) is 91.1 Å². The summed E-state index contributed by atoms with van der Waals surface area (Å²) in [5, 5.41) is 0. The molecule has 0 radical (unpaired) electrons. The van der Waals surface area contributed by atoms with Gasteiger partial charge in [0.15, 0.2) is 0 Å². The van der Waals surface area contributed by atoms with Crippen LogP contribution in [0.2, 0.25) is 0 Å². The molecule has 0 spiro atoms. The maximum atomic E-state index is 11.5. The molecule has 116 valence electrons. The Labute approximate surface area is 118 Å². The Morgan fingerprint density at radius 3 is 2.11 bits per heavy atom. The van der Waals surface area contributed by atoms with Crippen molar-refractivity contribution in [2.24, 2.45) is 0 Å². The summed E-state index contributed by atoms with van der Waals surface area (Å²) in [6, 6.07) is 0. The number of unbranched alkanes of at least 4 members (excludes halogenated alkanes) is 4. The summed E-state index contributed by atoms with van der Waals surface area (Å²) in [4.78, 5) is 17.0. The highest BCUT2D eigenvalue weighted by Crippen LogP contribution is 2.12. The minimum Gasteiger partial charge on any atom is -0.412 e. The average molecular weight is 275 g/mol. The Morgan fingerprint density at radius 1 is 0.947 bits per heavy atom. The summed E-state index contributed by atoms with van der Waals surface area (Å²) in [5.41, 5.74) is 2.61. The van der Waals surface area contributed by atoms with Crippen LogP contribution in [0.3, 0.4) is 0 Å². The minimum atomic E-state index is 0. The van der Waals surface area contributed by atoms with Crippen molar-refractivity contribution in [3.05, 3.63) is 0 Å². The van der Waals surface area contributed by atoms with E-state index in [0.717, 1.165) is 25.7 Å². The molecule has 0 aromatic carbocycles. The largest absolute Gasteiger partial charge is 0.412 e. The first-order valence-electron chi connectivity index (χ1n) is 7.69. The SMILES string of the molecule is CCCCCC(CCCC)ONC(=O)CCCC.O. The van der Waals surface area contributed by atoms with Crippen LogP contribution in [-0.4, -0.2) is 17.5 Å². The second kappa shape index (κ2) is 15.4. The number of carbonyl (C=O) groups is 1. The van der Waals surface area contributed by atoms with Crippen molar-refractivity contribution >= 4 is 5.91 Å². The van der Waals surface area contributed by atoms with Gasteiger partial charge in [-0.2, -0.15) is 0 Å². The number of hydroxylamine groups is 1. The molecule has 4 nitrogen and oxygen atoms in total. The molecule has 0 aliphatic heterocycles. The molecule has 19 heavy (non-hydrogen) atoms. The van der Waals surface area contributed by atoms with Crippen molar-refractivity contribution < 1.29 is 15.1 Å². The number of hydrogen-bond acceptors (Lipinski definition) is 2. The fraction of sp³-hybridized carbons (Fsp3) is 0.933. The van der Waals surface area contributed by atoms with Crippen LogP contribution < -0.4 is 5.48 Å². The lowest BCUT2D eigenvalue weighted by molar-refractivity contribution is -0.139. The molecule has 0 aliphatic rings. The average Bonchev–Trinajstić information content (AvgIpc) is 2.39. The summed E-state index contributed by atoms with van der Waals surface area (Å²) in [5.74, 6) is 0.0221. The van der Waals surface area contributed by atoms with Gasteiger partial charge in [0.2, 0.25) is 5.91 Å². The lowest BCUT2D eigenvalue weighted by atomic mass is 10.1. The van der Waals surface area contributed by atoms with Crippen LogP contribution in [0.25, 0.3) is 0 Å². The minimum absolute atomic E-state index is 0. The molecule has 0 aromatic rings. The first-order chi connectivity index (χ1) is 8.74. The zero-order valence-electron chi connectivity index (χ0n) is 13.0. The lowest BCUT2D eigenvalue weighted by Crippen LogP contribution is -2.29. The van der Waals surface area contributed by atoms with E-state index in [9.17, 15) is 4.79 Å². The monoisotopic (exact) mass is 275 g/mol. The van der Waals surface area contributed by atoms with Crippen LogP contribution >= 0.6 is 0 Å². The molecule has 1 atom stereocenters. The van der Waals surface area contributed by atoms with Gasteiger partial charge in [-0.1, -0.05) is 59.3 Å². The van der Waals surface area contributed by atoms with Crippen molar-refractivity contribution in [1.29, 1.82) is 0 Å². The first-order valence-corrected chi connectivity index (χ1v) is 7.69. The summed E-state index contributed by atoms with van der Waals surface area (Å²) < 4.78 is 0. The smallest absolute Gasteiger partial charge is 0.243 e. The summed E-state index contributed by atoms with van der Waals surface area (Å²) >= 11 is 0. The number of amides is 1. The Morgan fingerprint density at radius 2 is 1.53 bits per heavy atom. The van der Waals surface area contributed by atoms with Crippen LogP contribution in [-0.2, 0) is 9.63 Å². The van der Waals surface area contributed by atoms with E-state index in [-0.39, 0.29) is 17.5 Å².